The maximum Gasteiger partial charge on any atom is 0.407 e. The molecule has 7 heteroatoms. The lowest BCUT2D eigenvalue weighted by Gasteiger charge is -2.32. The van der Waals surface area contributed by atoms with Gasteiger partial charge in [-0.3, -0.25) is 4.79 Å². The highest BCUT2D eigenvalue weighted by atomic mass is 16.6. The van der Waals surface area contributed by atoms with Crippen LogP contribution in [-0.2, 0) is 16.0 Å². The Morgan fingerprint density at radius 3 is 2.34 bits per heavy atom. The van der Waals surface area contributed by atoms with Crippen molar-refractivity contribution in [3.05, 3.63) is 35.4 Å². The second kappa shape index (κ2) is 11.9. The Balaban J connectivity index is 2.09. The monoisotopic (exact) mass is 444 g/mol. The summed E-state index contributed by atoms with van der Waals surface area (Å²) >= 11 is 0. The van der Waals surface area contributed by atoms with Gasteiger partial charge in [-0.05, 0) is 63.6 Å². The van der Waals surface area contributed by atoms with Gasteiger partial charge in [0, 0.05) is 0 Å². The third kappa shape index (κ3) is 8.88. The third-order valence-electron chi connectivity index (χ3n) is 5.92. The number of ether oxygens (including phenoxy) is 1. The van der Waals surface area contributed by atoms with Gasteiger partial charge < -0.3 is 20.3 Å². The van der Waals surface area contributed by atoms with Gasteiger partial charge in [0.1, 0.15) is 5.60 Å². The number of carbonyl (C=O) groups is 2. The van der Waals surface area contributed by atoms with Crippen LogP contribution >= 0.6 is 0 Å². The van der Waals surface area contributed by atoms with Crippen LogP contribution in [0, 0.1) is 23.2 Å². The predicted octanol–water partition coefficient (Wildman–Crippen LogP) is 4.42. The average Bonchev–Trinajstić information content (AvgIpc) is 2.72. The standard InChI is InChI=1S/C25H36N2O5/c1-25(2,3)32-24(31)27-21(14-17-7-5-4-6-8-17)22(28)15-20(23(29)30)13-18-9-11-19(16-26)12-10-18/h9-12,17,20-22,28H,4-8,13-15H2,1-3H3,(H,27,31)(H,29,30). The van der Waals surface area contributed by atoms with Crippen LogP contribution in [0.5, 0.6) is 0 Å². The highest BCUT2D eigenvalue weighted by Gasteiger charge is 2.31. The van der Waals surface area contributed by atoms with E-state index in [1.54, 1.807) is 45.0 Å². The molecule has 0 bridgehead atoms. The fraction of sp³-hybridized carbons (Fsp3) is 0.640. The number of carboxylic acids is 1. The number of rotatable bonds is 9. The molecule has 176 valence electrons. The molecule has 2 rings (SSSR count). The molecular formula is C25H36N2O5. The second-order valence-electron chi connectivity index (χ2n) is 9.84. The zero-order valence-electron chi connectivity index (χ0n) is 19.3. The van der Waals surface area contributed by atoms with E-state index in [2.05, 4.69) is 5.32 Å². The molecule has 3 N–H and O–H groups in total. The van der Waals surface area contributed by atoms with Gasteiger partial charge in [0.05, 0.1) is 29.7 Å². The number of hydrogen-bond donors (Lipinski definition) is 3. The third-order valence-corrected chi connectivity index (χ3v) is 5.92. The normalized spacial score (nSPS) is 17.6. The van der Waals surface area contributed by atoms with Crippen LogP contribution in [0.3, 0.4) is 0 Å². The number of alkyl carbamates (subject to hydrolysis) is 1. The molecular weight excluding hydrogens is 408 g/mol. The molecule has 1 aromatic rings. The lowest BCUT2D eigenvalue weighted by atomic mass is 9.82. The highest BCUT2D eigenvalue weighted by Crippen LogP contribution is 2.29. The molecule has 1 fully saturated rings. The molecule has 1 amide bonds. The van der Waals surface area contributed by atoms with E-state index in [4.69, 9.17) is 10.00 Å². The quantitative estimate of drug-likeness (QED) is 0.519. The maximum atomic E-state index is 12.4. The summed E-state index contributed by atoms with van der Waals surface area (Å²) in [4.78, 5) is 24.3. The summed E-state index contributed by atoms with van der Waals surface area (Å²) in [6.07, 6.45) is 4.81. The van der Waals surface area contributed by atoms with Crippen LogP contribution in [0.1, 0.15) is 76.8 Å². The van der Waals surface area contributed by atoms with Gasteiger partial charge in [0.2, 0.25) is 0 Å². The van der Waals surface area contributed by atoms with Crippen molar-refractivity contribution in [1.29, 1.82) is 5.26 Å². The summed E-state index contributed by atoms with van der Waals surface area (Å²) in [5, 5.41) is 32.5. The summed E-state index contributed by atoms with van der Waals surface area (Å²) in [6, 6.07) is 8.25. The highest BCUT2D eigenvalue weighted by molar-refractivity contribution is 5.70. The van der Waals surface area contributed by atoms with Crippen molar-refractivity contribution in [1.82, 2.24) is 5.32 Å². The van der Waals surface area contributed by atoms with Crippen LogP contribution in [-0.4, -0.2) is 40.0 Å². The molecule has 1 aliphatic carbocycles. The zero-order valence-corrected chi connectivity index (χ0v) is 19.3. The molecule has 1 aromatic carbocycles. The Labute approximate surface area is 190 Å². The van der Waals surface area contributed by atoms with E-state index in [-0.39, 0.29) is 12.8 Å². The summed E-state index contributed by atoms with van der Waals surface area (Å²) in [7, 11) is 0. The summed E-state index contributed by atoms with van der Waals surface area (Å²) in [6.45, 7) is 5.32. The van der Waals surface area contributed by atoms with E-state index in [0.29, 0.717) is 17.9 Å². The first-order valence-corrected chi connectivity index (χ1v) is 11.5. The number of aliphatic carboxylic acids is 1. The average molecular weight is 445 g/mol. The fourth-order valence-corrected chi connectivity index (χ4v) is 4.28. The number of aliphatic hydroxyl groups is 1. The first-order chi connectivity index (χ1) is 15.1. The second-order valence-corrected chi connectivity index (χ2v) is 9.84. The van der Waals surface area contributed by atoms with E-state index in [0.717, 1.165) is 31.2 Å². The van der Waals surface area contributed by atoms with Crippen molar-refractivity contribution in [2.75, 3.05) is 0 Å². The fourth-order valence-electron chi connectivity index (χ4n) is 4.28. The molecule has 7 nitrogen and oxygen atoms in total. The maximum absolute atomic E-state index is 12.4. The first-order valence-electron chi connectivity index (χ1n) is 11.5. The molecule has 1 aliphatic rings. The van der Waals surface area contributed by atoms with Gasteiger partial charge in [-0.2, -0.15) is 5.26 Å². The van der Waals surface area contributed by atoms with E-state index in [9.17, 15) is 19.8 Å². The van der Waals surface area contributed by atoms with Crippen molar-refractivity contribution in [2.45, 2.75) is 89.9 Å². The number of aliphatic hydroxyl groups excluding tert-OH is 1. The predicted molar refractivity (Wildman–Crippen MR) is 121 cm³/mol. The lowest BCUT2D eigenvalue weighted by Crippen LogP contribution is -2.47. The first kappa shape index (κ1) is 25.7. The van der Waals surface area contributed by atoms with Crippen LogP contribution in [0.2, 0.25) is 0 Å². The Morgan fingerprint density at radius 2 is 1.81 bits per heavy atom. The number of carbonyl (C=O) groups excluding carboxylic acids is 1. The minimum absolute atomic E-state index is 0.0164. The number of nitriles is 1. The zero-order chi connectivity index (χ0) is 23.7. The molecule has 1 saturated carbocycles. The SMILES string of the molecule is CC(C)(C)OC(=O)NC(CC1CCCCC1)C(O)CC(Cc1ccc(C#N)cc1)C(=O)O. The smallest absolute Gasteiger partial charge is 0.407 e. The van der Waals surface area contributed by atoms with Crippen LogP contribution in [0.4, 0.5) is 4.79 Å². The molecule has 0 saturated heterocycles. The van der Waals surface area contributed by atoms with Gasteiger partial charge >= 0.3 is 12.1 Å². The minimum Gasteiger partial charge on any atom is -0.481 e. The van der Waals surface area contributed by atoms with Crippen LogP contribution in [0.25, 0.3) is 0 Å². The number of nitrogens with one attached hydrogen (secondary N) is 1. The van der Waals surface area contributed by atoms with Gasteiger partial charge in [-0.25, -0.2) is 4.79 Å². The summed E-state index contributed by atoms with van der Waals surface area (Å²) in [5.74, 6) is -1.42. The molecule has 0 aliphatic heterocycles. The van der Waals surface area contributed by atoms with Crippen molar-refractivity contribution in [2.24, 2.45) is 11.8 Å². The number of benzene rings is 1. The number of carboxylic acid groups (broad SMARTS) is 1. The van der Waals surface area contributed by atoms with E-state index in [1.165, 1.54) is 6.42 Å². The molecule has 3 unspecified atom stereocenters. The summed E-state index contributed by atoms with van der Waals surface area (Å²) in [5.41, 5.74) is 0.631. The molecule has 0 radical (unpaired) electrons. The Kier molecular flexibility index (Phi) is 9.52. The number of amides is 1. The molecule has 0 aromatic heterocycles. The van der Waals surface area contributed by atoms with Gasteiger partial charge in [-0.1, -0.05) is 44.2 Å². The number of nitrogens with zero attached hydrogens (tertiary/aromatic N) is 1. The van der Waals surface area contributed by atoms with Crippen LogP contribution in [0.15, 0.2) is 24.3 Å². The van der Waals surface area contributed by atoms with E-state index in [1.807, 2.05) is 6.07 Å². The van der Waals surface area contributed by atoms with Crippen molar-refractivity contribution >= 4 is 12.1 Å². The molecule has 0 heterocycles. The van der Waals surface area contributed by atoms with Crippen molar-refractivity contribution in [3.63, 3.8) is 0 Å². The topological polar surface area (TPSA) is 120 Å². The summed E-state index contributed by atoms with van der Waals surface area (Å²) < 4.78 is 5.37. The van der Waals surface area contributed by atoms with Crippen molar-refractivity contribution < 1.29 is 24.5 Å². The van der Waals surface area contributed by atoms with Crippen molar-refractivity contribution in [3.8, 4) is 6.07 Å². The Morgan fingerprint density at radius 1 is 1.19 bits per heavy atom. The van der Waals surface area contributed by atoms with Gasteiger partial charge in [0.15, 0.2) is 0 Å². The van der Waals surface area contributed by atoms with Gasteiger partial charge in [0.25, 0.3) is 0 Å². The molecule has 3 atom stereocenters. The van der Waals surface area contributed by atoms with Crippen LogP contribution < -0.4 is 5.32 Å². The molecule has 0 spiro atoms. The Bertz CT molecular complexity index is 788. The molecule has 32 heavy (non-hydrogen) atoms. The largest absolute Gasteiger partial charge is 0.481 e. The number of hydrogen-bond acceptors (Lipinski definition) is 5. The Hall–Kier alpha value is -2.59. The van der Waals surface area contributed by atoms with E-state index >= 15 is 0 Å². The lowest BCUT2D eigenvalue weighted by molar-refractivity contribution is -0.143. The minimum atomic E-state index is -1.01. The van der Waals surface area contributed by atoms with Gasteiger partial charge in [-0.15, -0.1) is 0 Å². The van der Waals surface area contributed by atoms with E-state index < -0.39 is 35.7 Å².